The zero-order chi connectivity index (χ0) is 22.0. The maximum absolute atomic E-state index is 14.0. The van der Waals surface area contributed by atoms with E-state index in [4.69, 9.17) is 4.74 Å². The van der Waals surface area contributed by atoms with Crippen molar-refractivity contribution in [2.24, 2.45) is 0 Å². The van der Waals surface area contributed by atoms with E-state index in [2.05, 4.69) is 14.9 Å². The number of halogens is 1. The molecule has 0 radical (unpaired) electrons. The molecule has 1 saturated heterocycles. The molecule has 2 N–H and O–H groups in total. The Morgan fingerprint density at radius 1 is 1.31 bits per heavy atom. The lowest BCUT2D eigenvalue weighted by Gasteiger charge is -2.44. The van der Waals surface area contributed by atoms with Gasteiger partial charge in [0.1, 0.15) is 11.4 Å². The molecule has 1 unspecified atom stereocenters. The summed E-state index contributed by atoms with van der Waals surface area (Å²) in [6.07, 6.45) is 0.474. The van der Waals surface area contributed by atoms with Gasteiger partial charge in [-0.1, -0.05) is 0 Å². The zero-order valence-corrected chi connectivity index (χ0v) is 19.3. The van der Waals surface area contributed by atoms with E-state index in [9.17, 15) is 13.4 Å². The van der Waals surface area contributed by atoms with Crippen molar-refractivity contribution >= 4 is 22.8 Å². The molecule has 0 aliphatic carbocycles. The van der Waals surface area contributed by atoms with Crippen LogP contribution in [-0.2, 0) is 15.7 Å². The van der Waals surface area contributed by atoms with Crippen LogP contribution in [0, 0.1) is 5.82 Å². The Morgan fingerprint density at radius 2 is 1.97 bits per heavy atom. The molecule has 29 heavy (non-hydrogen) atoms. The Kier molecular flexibility index (Phi) is 7.32. The highest BCUT2D eigenvalue weighted by Crippen LogP contribution is 2.34. The molecular weight excluding hydrogens is 393 g/mol. The smallest absolute Gasteiger partial charge is 0.407 e. The lowest BCUT2D eigenvalue weighted by atomic mass is 9.97. The molecule has 2 rings (SSSR count). The van der Waals surface area contributed by atoms with Gasteiger partial charge < -0.3 is 15.0 Å². The van der Waals surface area contributed by atoms with Gasteiger partial charge in [-0.25, -0.2) is 18.1 Å². The molecule has 0 aromatic heterocycles. The molecule has 0 spiro atoms. The number of benzene rings is 1. The van der Waals surface area contributed by atoms with Gasteiger partial charge in [-0.3, -0.25) is 0 Å². The number of carbonyl (C=O) groups is 1. The standard InChI is InChI=1S/C21H34FN3O3S/c1-14(24-29(27)21(5,6)7)17-12-15(22)8-9-18(17)25-11-10-16(25)13-23-19(26)28-20(2,3)4/h8-9,12,14,16,24H,10-11,13H2,1-7H3,(H,23,26)/t14-,16?,29-/m1/s1. The van der Waals surface area contributed by atoms with Gasteiger partial charge in [0.2, 0.25) is 0 Å². The third kappa shape index (κ3) is 6.67. The van der Waals surface area contributed by atoms with Crippen molar-refractivity contribution in [1.29, 1.82) is 0 Å². The minimum Gasteiger partial charge on any atom is -0.444 e. The average molecular weight is 428 g/mol. The number of hydrogen-bond donors (Lipinski definition) is 2. The highest BCUT2D eigenvalue weighted by atomic mass is 32.2. The minimum atomic E-state index is -1.27. The molecule has 1 aliphatic rings. The molecule has 8 heteroatoms. The van der Waals surface area contributed by atoms with Crippen molar-refractivity contribution in [1.82, 2.24) is 10.0 Å². The molecule has 1 aliphatic heterocycles. The van der Waals surface area contributed by atoms with E-state index < -0.39 is 27.4 Å². The van der Waals surface area contributed by atoms with Crippen LogP contribution in [0.4, 0.5) is 14.9 Å². The first-order valence-electron chi connectivity index (χ1n) is 9.99. The monoisotopic (exact) mass is 427 g/mol. The molecule has 1 aromatic rings. The fourth-order valence-corrected chi connectivity index (χ4v) is 3.82. The fourth-order valence-electron chi connectivity index (χ4n) is 3.02. The van der Waals surface area contributed by atoms with Gasteiger partial charge in [0, 0.05) is 30.9 Å². The van der Waals surface area contributed by atoms with Crippen molar-refractivity contribution in [3.8, 4) is 0 Å². The molecule has 1 fully saturated rings. The number of amides is 1. The van der Waals surface area contributed by atoms with Crippen LogP contribution in [0.5, 0.6) is 0 Å². The molecule has 0 saturated carbocycles. The van der Waals surface area contributed by atoms with Crippen LogP contribution in [0.2, 0.25) is 0 Å². The number of nitrogens with zero attached hydrogens (tertiary/aromatic N) is 1. The van der Waals surface area contributed by atoms with Gasteiger partial charge in [0.15, 0.2) is 0 Å². The molecule has 1 heterocycles. The number of carbonyl (C=O) groups excluding carboxylic acids is 1. The van der Waals surface area contributed by atoms with E-state index in [-0.39, 0.29) is 17.9 Å². The average Bonchev–Trinajstić information content (AvgIpc) is 2.52. The maximum atomic E-state index is 14.0. The Balaban J connectivity index is 2.10. The number of ether oxygens (including phenoxy) is 1. The van der Waals surface area contributed by atoms with Crippen molar-refractivity contribution in [3.63, 3.8) is 0 Å². The van der Waals surface area contributed by atoms with E-state index in [1.165, 1.54) is 12.1 Å². The highest BCUT2D eigenvalue weighted by Gasteiger charge is 2.32. The highest BCUT2D eigenvalue weighted by molar-refractivity contribution is 7.84. The first kappa shape index (κ1) is 23.6. The molecule has 0 bridgehead atoms. The summed E-state index contributed by atoms with van der Waals surface area (Å²) in [6.45, 7) is 14.3. The van der Waals surface area contributed by atoms with Crippen LogP contribution in [0.3, 0.4) is 0 Å². The lowest BCUT2D eigenvalue weighted by Crippen LogP contribution is -2.54. The molecule has 1 amide bonds. The number of anilines is 1. The Bertz CT molecular complexity index is 759. The van der Waals surface area contributed by atoms with Crippen LogP contribution >= 0.6 is 0 Å². The first-order chi connectivity index (χ1) is 13.3. The number of nitrogens with one attached hydrogen (secondary N) is 2. The van der Waals surface area contributed by atoms with Crippen molar-refractivity contribution in [2.75, 3.05) is 18.0 Å². The fraction of sp³-hybridized carbons (Fsp3) is 0.667. The van der Waals surface area contributed by atoms with E-state index in [0.29, 0.717) is 6.54 Å². The Hall–Kier alpha value is -1.67. The summed E-state index contributed by atoms with van der Waals surface area (Å²) < 4.78 is 34.4. The summed E-state index contributed by atoms with van der Waals surface area (Å²) in [4.78, 5) is 14.1. The Morgan fingerprint density at radius 3 is 2.48 bits per heavy atom. The van der Waals surface area contributed by atoms with Gasteiger partial charge >= 0.3 is 6.09 Å². The zero-order valence-electron chi connectivity index (χ0n) is 18.5. The summed E-state index contributed by atoms with van der Waals surface area (Å²) >= 11 is 0. The van der Waals surface area contributed by atoms with Gasteiger partial charge in [0.25, 0.3) is 0 Å². The summed E-state index contributed by atoms with van der Waals surface area (Å²) in [5, 5.41) is 2.81. The van der Waals surface area contributed by atoms with Gasteiger partial charge in [-0.2, -0.15) is 0 Å². The van der Waals surface area contributed by atoms with Crippen LogP contribution in [0.25, 0.3) is 0 Å². The second-order valence-electron chi connectivity index (χ2n) is 9.44. The summed E-state index contributed by atoms with van der Waals surface area (Å²) in [6, 6.07) is 4.49. The second-order valence-corrected chi connectivity index (χ2v) is 11.4. The van der Waals surface area contributed by atoms with Crippen LogP contribution in [0.15, 0.2) is 18.2 Å². The van der Waals surface area contributed by atoms with E-state index in [0.717, 1.165) is 24.2 Å². The maximum Gasteiger partial charge on any atom is 0.407 e. The summed E-state index contributed by atoms with van der Waals surface area (Å²) in [5.74, 6) is -0.331. The van der Waals surface area contributed by atoms with Gasteiger partial charge in [-0.05, 0) is 78.6 Å². The van der Waals surface area contributed by atoms with Crippen LogP contribution in [0.1, 0.15) is 66.5 Å². The molecule has 6 nitrogen and oxygen atoms in total. The first-order valence-corrected chi connectivity index (χ1v) is 11.1. The van der Waals surface area contributed by atoms with E-state index in [1.807, 2.05) is 48.5 Å². The largest absolute Gasteiger partial charge is 0.444 e. The molecular formula is C21H34FN3O3S. The predicted molar refractivity (Wildman–Crippen MR) is 116 cm³/mol. The second kappa shape index (κ2) is 9.00. The number of alkyl carbamates (subject to hydrolysis) is 1. The van der Waals surface area contributed by atoms with Crippen molar-refractivity contribution in [3.05, 3.63) is 29.6 Å². The quantitative estimate of drug-likeness (QED) is 0.719. The van der Waals surface area contributed by atoms with Crippen LogP contribution in [-0.4, -0.2) is 39.8 Å². The molecule has 1 aromatic carbocycles. The summed E-state index contributed by atoms with van der Waals surface area (Å²) in [5.41, 5.74) is 1.10. The Labute approximate surface area is 176 Å². The van der Waals surface area contributed by atoms with E-state index >= 15 is 0 Å². The van der Waals surface area contributed by atoms with Crippen LogP contribution < -0.4 is 14.9 Å². The predicted octanol–water partition coefficient (Wildman–Crippen LogP) is 4.04. The minimum absolute atomic E-state index is 0.104. The van der Waals surface area contributed by atoms with Gasteiger partial charge in [0.05, 0.1) is 15.7 Å². The third-order valence-corrected chi connectivity index (χ3v) is 6.31. The van der Waals surface area contributed by atoms with E-state index in [1.54, 1.807) is 6.07 Å². The number of rotatable bonds is 6. The topological polar surface area (TPSA) is 70.7 Å². The normalized spacial score (nSPS) is 19.3. The van der Waals surface area contributed by atoms with Crippen molar-refractivity contribution in [2.45, 2.75) is 77.3 Å². The number of hydrogen-bond acceptors (Lipinski definition) is 4. The lowest BCUT2D eigenvalue weighted by molar-refractivity contribution is 0.0521. The SMILES string of the molecule is C[C@@H](N[S@](=O)C(C)(C)C)c1cc(F)ccc1N1CCC1CNC(=O)OC(C)(C)C. The molecule has 164 valence electrons. The molecule has 3 atom stereocenters. The third-order valence-electron chi connectivity index (χ3n) is 4.63. The van der Waals surface area contributed by atoms with Crippen molar-refractivity contribution < 1.29 is 18.1 Å². The summed E-state index contributed by atoms with van der Waals surface area (Å²) in [7, 11) is -1.27. The van der Waals surface area contributed by atoms with Gasteiger partial charge in [-0.15, -0.1) is 0 Å².